The minimum Gasteiger partial charge on any atom is -0.481 e. The molecule has 0 aliphatic heterocycles. The number of aromatic nitrogens is 1. The van der Waals surface area contributed by atoms with E-state index in [4.69, 9.17) is 4.74 Å². The quantitative estimate of drug-likeness (QED) is 0.871. The summed E-state index contributed by atoms with van der Waals surface area (Å²) in [5.41, 5.74) is 2.18. The molecule has 0 amide bonds. The summed E-state index contributed by atoms with van der Waals surface area (Å²) in [4.78, 5) is 4.13. The van der Waals surface area contributed by atoms with E-state index in [0.717, 1.165) is 12.2 Å². The van der Waals surface area contributed by atoms with Crippen LogP contribution in [0.25, 0.3) is 6.08 Å². The summed E-state index contributed by atoms with van der Waals surface area (Å²) < 4.78 is 5.00. The highest BCUT2D eigenvalue weighted by Crippen LogP contribution is 2.10. The fourth-order valence-electron chi connectivity index (χ4n) is 1.54. The monoisotopic (exact) mass is 240 g/mol. The van der Waals surface area contributed by atoms with Crippen molar-refractivity contribution in [1.82, 2.24) is 4.98 Å². The van der Waals surface area contributed by atoms with Crippen LogP contribution in [0.1, 0.15) is 5.56 Å². The summed E-state index contributed by atoms with van der Waals surface area (Å²) in [6, 6.07) is 14.0. The molecule has 0 saturated heterocycles. The van der Waals surface area contributed by atoms with Crippen LogP contribution in [-0.4, -0.2) is 18.6 Å². The van der Waals surface area contributed by atoms with Gasteiger partial charge in [-0.2, -0.15) is 0 Å². The predicted molar refractivity (Wildman–Crippen MR) is 74.8 cm³/mol. The van der Waals surface area contributed by atoms with Gasteiger partial charge in [-0.05, 0) is 11.6 Å². The molecule has 0 saturated carbocycles. The summed E-state index contributed by atoms with van der Waals surface area (Å²) >= 11 is 0. The highest BCUT2D eigenvalue weighted by molar-refractivity contribution is 5.50. The van der Waals surface area contributed by atoms with Crippen molar-refractivity contribution in [3.8, 4) is 5.88 Å². The maximum absolute atomic E-state index is 5.00. The minimum atomic E-state index is 0.625. The lowest BCUT2D eigenvalue weighted by atomic mass is 10.2. The van der Waals surface area contributed by atoms with Gasteiger partial charge in [0.2, 0.25) is 5.88 Å². The zero-order chi connectivity index (χ0) is 12.6. The van der Waals surface area contributed by atoms with Gasteiger partial charge in [0, 0.05) is 12.6 Å². The van der Waals surface area contributed by atoms with Crippen LogP contribution >= 0.6 is 0 Å². The zero-order valence-electron chi connectivity index (χ0n) is 10.3. The Morgan fingerprint density at radius 2 is 2.00 bits per heavy atom. The third-order valence-electron chi connectivity index (χ3n) is 2.48. The molecule has 2 rings (SSSR count). The molecule has 0 fully saturated rings. The largest absolute Gasteiger partial charge is 0.481 e. The Hall–Kier alpha value is -2.29. The number of ether oxygens (including phenoxy) is 1. The molecular weight excluding hydrogens is 224 g/mol. The first-order chi connectivity index (χ1) is 8.88. The van der Waals surface area contributed by atoms with Gasteiger partial charge in [0.15, 0.2) is 0 Å². The van der Waals surface area contributed by atoms with Crippen molar-refractivity contribution in [3.63, 3.8) is 0 Å². The van der Waals surface area contributed by atoms with Crippen LogP contribution in [0, 0.1) is 0 Å². The highest BCUT2D eigenvalue weighted by atomic mass is 16.5. The topological polar surface area (TPSA) is 34.1 Å². The van der Waals surface area contributed by atoms with Gasteiger partial charge in [-0.25, -0.2) is 4.98 Å². The van der Waals surface area contributed by atoms with E-state index < -0.39 is 0 Å². The number of nitrogens with zero attached hydrogens (tertiary/aromatic N) is 1. The number of methoxy groups -OCH3 is 1. The Labute approximate surface area is 107 Å². The van der Waals surface area contributed by atoms with Crippen molar-refractivity contribution in [2.45, 2.75) is 0 Å². The minimum absolute atomic E-state index is 0.625. The molecule has 1 aromatic carbocycles. The zero-order valence-corrected chi connectivity index (χ0v) is 10.3. The van der Waals surface area contributed by atoms with E-state index in [9.17, 15) is 0 Å². The lowest BCUT2D eigenvalue weighted by Crippen LogP contribution is -1.98. The average molecular weight is 240 g/mol. The molecule has 0 unspecified atom stereocenters. The van der Waals surface area contributed by atoms with Gasteiger partial charge in [0.1, 0.15) is 0 Å². The third kappa shape index (κ3) is 3.63. The Bertz CT molecular complexity index is 492. The fourth-order valence-corrected chi connectivity index (χ4v) is 1.54. The number of benzene rings is 1. The van der Waals surface area contributed by atoms with Crippen LogP contribution in [0.3, 0.4) is 0 Å². The second-order valence-corrected chi connectivity index (χ2v) is 3.78. The number of rotatable bonds is 5. The Balaban J connectivity index is 1.83. The van der Waals surface area contributed by atoms with E-state index >= 15 is 0 Å². The normalized spacial score (nSPS) is 10.5. The van der Waals surface area contributed by atoms with E-state index in [0.29, 0.717) is 5.88 Å². The molecule has 0 atom stereocenters. The van der Waals surface area contributed by atoms with E-state index in [1.807, 2.05) is 30.3 Å². The first kappa shape index (κ1) is 12.2. The average Bonchev–Trinajstić information content (AvgIpc) is 2.45. The molecule has 1 aromatic heterocycles. The van der Waals surface area contributed by atoms with Crippen LogP contribution in [0.4, 0.5) is 5.69 Å². The Kier molecular flexibility index (Phi) is 4.36. The van der Waals surface area contributed by atoms with Crippen LogP contribution in [0.5, 0.6) is 5.88 Å². The van der Waals surface area contributed by atoms with E-state index in [1.54, 1.807) is 13.3 Å². The predicted octanol–water partition coefficient (Wildman–Crippen LogP) is 3.22. The fraction of sp³-hybridized carbons (Fsp3) is 0.133. The van der Waals surface area contributed by atoms with E-state index in [-0.39, 0.29) is 0 Å². The molecule has 18 heavy (non-hydrogen) atoms. The second kappa shape index (κ2) is 6.45. The molecule has 92 valence electrons. The molecule has 1 N–H and O–H groups in total. The van der Waals surface area contributed by atoms with E-state index in [2.05, 4.69) is 34.6 Å². The lowest BCUT2D eigenvalue weighted by molar-refractivity contribution is 0.398. The molecule has 0 aliphatic carbocycles. The van der Waals surface area contributed by atoms with Crippen LogP contribution in [0.2, 0.25) is 0 Å². The standard InChI is InChI=1S/C15H16N2O/c1-18-15-10-9-14(12-17-15)16-11-5-8-13-6-3-2-4-7-13/h2-10,12,16H,11H2,1H3/b8-5+. The van der Waals surface area contributed by atoms with Gasteiger partial charge in [0.25, 0.3) is 0 Å². The number of pyridine rings is 1. The molecule has 3 heteroatoms. The van der Waals surface area contributed by atoms with Crippen molar-refractivity contribution in [1.29, 1.82) is 0 Å². The van der Waals surface area contributed by atoms with Crippen LogP contribution in [0.15, 0.2) is 54.7 Å². The van der Waals surface area contributed by atoms with Gasteiger partial charge >= 0.3 is 0 Å². The Morgan fingerprint density at radius 1 is 1.17 bits per heavy atom. The lowest BCUT2D eigenvalue weighted by Gasteiger charge is -2.03. The van der Waals surface area contributed by atoms with Crippen LogP contribution in [-0.2, 0) is 0 Å². The second-order valence-electron chi connectivity index (χ2n) is 3.78. The summed E-state index contributed by atoms with van der Waals surface area (Å²) in [5, 5.41) is 3.26. The maximum Gasteiger partial charge on any atom is 0.213 e. The van der Waals surface area contributed by atoms with Crippen molar-refractivity contribution in [2.75, 3.05) is 19.0 Å². The van der Waals surface area contributed by atoms with Gasteiger partial charge in [-0.1, -0.05) is 42.5 Å². The summed E-state index contributed by atoms with van der Waals surface area (Å²) in [6.45, 7) is 0.767. The number of anilines is 1. The molecule has 3 nitrogen and oxygen atoms in total. The molecule has 0 aliphatic rings. The van der Waals surface area contributed by atoms with Gasteiger partial charge in [-0.3, -0.25) is 0 Å². The molecule has 0 spiro atoms. The molecular formula is C15H16N2O. The number of nitrogens with one attached hydrogen (secondary N) is 1. The first-order valence-corrected chi connectivity index (χ1v) is 5.84. The third-order valence-corrected chi connectivity index (χ3v) is 2.48. The molecule has 1 heterocycles. The maximum atomic E-state index is 5.00. The number of hydrogen-bond donors (Lipinski definition) is 1. The SMILES string of the molecule is COc1ccc(NC/C=C/c2ccccc2)cn1. The Morgan fingerprint density at radius 3 is 2.67 bits per heavy atom. The summed E-state index contributed by atoms with van der Waals surface area (Å²) in [6.07, 6.45) is 5.93. The molecule has 0 radical (unpaired) electrons. The smallest absolute Gasteiger partial charge is 0.213 e. The van der Waals surface area contributed by atoms with Crippen LogP contribution < -0.4 is 10.1 Å². The van der Waals surface area contributed by atoms with Gasteiger partial charge in [0.05, 0.1) is 19.0 Å². The van der Waals surface area contributed by atoms with Crippen molar-refractivity contribution in [2.24, 2.45) is 0 Å². The van der Waals surface area contributed by atoms with Crippen molar-refractivity contribution < 1.29 is 4.74 Å². The van der Waals surface area contributed by atoms with Crippen molar-refractivity contribution >= 4 is 11.8 Å². The molecule has 2 aromatic rings. The highest BCUT2D eigenvalue weighted by Gasteiger charge is 1.92. The van der Waals surface area contributed by atoms with Gasteiger partial charge in [-0.15, -0.1) is 0 Å². The van der Waals surface area contributed by atoms with E-state index in [1.165, 1.54) is 5.56 Å². The number of hydrogen-bond acceptors (Lipinski definition) is 3. The summed E-state index contributed by atoms with van der Waals surface area (Å²) in [7, 11) is 1.61. The first-order valence-electron chi connectivity index (χ1n) is 5.84. The van der Waals surface area contributed by atoms with Gasteiger partial charge < -0.3 is 10.1 Å². The molecule has 0 bridgehead atoms. The summed E-state index contributed by atoms with van der Waals surface area (Å²) in [5.74, 6) is 0.625. The van der Waals surface area contributed by atoms with Crippen molar-refractivity contribution in [3.05, 3.63) is 60.3 Å².